The van der Waals surface area contributed by atoms with Crippen molar-refractivity contribution in [3.05, 3.63) is 0 Å². The van der Waals surface area contributed by atoms with Crippen molar-refractivity contribution in [1.29, 1.82) is 0 Å². The first-order valence-electron chi connectivity index (χ1n) is 6.90. The number of nitrogens with two attached hydrogens (primary N) is 1. The fourth-order valence-corrected chi connectivity index (χ4v) is 2.65. The number of carbonyl (C=O) groups excluding carboxylic acids is 1. The number of guanidine groups is 1. The van der Waals surface area contributed by atoms with Gasteiger partial charge >= 0.3 is 5.97 Å². The van der Waals surface area contributed by atoms with E-state index in [9.17, 15) is 13.2 Å². The van der Waals surface area contributed by atoms with Crippen molar-refractivity contribution in [3.8, 4) is 0 Å². The number of sulfonamides is 1. The molecule has 0 aromatic heterocycles. The molecule has 2 atom stereocenters. The maximum Gasteiger partial charge on any atom is 0.310 e. The highest BCUT2D eigenvalue weighted by Gasteiger charge is 2.36. The number of halogens is 1. The molecule has 0 amide bonds. The molecule has 0 spiro atoms. The zero-order chi connectivity index (χ0) is 16.0. The number of esters is 1. The van der Waals surface area contributed by atoms with Crippen molar-refractivity contribution in [2.45, 2.75) is 13.8 Å². The Hall–Kier alpha value is -0.620. The summed E-state index contributed by atoms with van der Waals surface area (Å²) in [6.07, 6.45) is 0. The van der Waals surface area contributed by atoms with E-state index in [4.69, 9.17) is 9.88 Å². The summed E-state index contributed by atoms with van der Waals surface area (Å²) in [7, 11) is -2.15. The average Bonchev–Trinajstić information content (AvgIpc) is 2.77. The molecule has 1 fully saturated rings. The molecule has 1 aliphatic heterocycles. The molecule has 0 bridgehead atoms. The van der Waals surface area contributed by atoms with Crippen LogP contribution in [-0.4, -0.2) is 64.3 Å². The van der Waals surface area contributed by atoms with E-state index in [1.54, 1.807) is 0 Å². The molecule has 8 nitrogen and oxygen atoms in total. The summed E-state index contributed by atoms with van der Waals surface area (Å²) >= 11 is 0. The predicted octanol–water partition coefficient (Wildman–Crippen LogP) is -0.401. The number of primary sulfonamides is 1. The molecule has 1 heterocycles. The first-order valence-corrected chi connectivity index (χ1v) is 8.61. The second-order valence-electron chi connectivity index (χ2n) is 5.11. The molecule has 1 rings (SSSR count). The number of likely N-dealkylation sites (tertiary alicyclic amines) is 1. The Labute approximate surface area is 148 Å². The van der Waals surface area contributed by atoms with Gasteiger partial charge in [-0.05, 0) is 12.8 Å². The highest BCUT2D eigenvalue weighted by Crippen LogP contribution is 2.24. The van der Waals surface area contributed by atoms with Gasteiger partial charge in [0.25, 0.3) is 0 Å². The highest BCUT2D eigenvalue weighted by atomic mass is 127. The van der Waals surface area contributed by atoms with Crippen LogP contribution in [0.25, 0.3) is 0 Å². The third-order valence-electron chi connectivity index (χ3n) is 3.39. The molecule has 0 radical (unpaired) electrons. The van der Waals surface area contributed by atoms with Crippen LogP contribution >= 0.6 is 24.0 Å². The van der Waals surface area contributed by atoms with E-state index < -0.39 is 10.0 Å². The molecule has 0 aromatic carbocycles. The van der Waals surface area contributed by atoms with Crippen molar-refractivity contribution in [2.75, 3.05) is 39.0 Å². The van der Waals surface area contributed by atoms with Gasteiger partial charge in [-0.1, -0.05) is 6.92 Å². The number of nitrogens with zero attached hydrogens (tertiary/aromatic N) is 2. The van der Waals surface area contributed by atoms with Crippen molar-refractivity contribution >= 4 is 45.9 Å². The molecular weight excluding hydrogens is 423 g/mol. The van der Waals surface area contributed by atoms with Crippen LogP contribution < -0.4 is 10.5 Å². The summed E-state index contributed by atoms with van der Waals surface area (Å²) in [6.45, 7) is 5.83. The summed E-state index contributed by atoms with van der Waals surface area (Å²) in [5.41, 5.74) is 0. The first-order chi connectivity index (χ1) is 9.78. The van der Waals surface area contributed by atoms with Gasteiger partial charge in [0, 0.05) is 19.6 Å². The largest absolute Gasteiger partial charge is 0.469 e. The quantitative estimate of drug-likeness (QED) is 0.256. The summed E-state index contributed by atoms with van der Waals surface area (Å²) in [5.74, 6) is 0.118. The van der Waals surface area contributed by atoms with Crippen LogP contribution in [0, 0.1) is 11.8 Å². The second-order valence-corrected chi connectivity index (χ2v) is 6.85. The minimum atomic E-state index is -3.52. The van der Waals surface area contributed by atoms with Crippen molar-refractivity contribution in [3.63, 3.8) is 0 Å². The Morgan fingerprint density at radius 3 is 2.59 bits per heavy atom. The van der Waals surface area contributed by atoms with Gasteiger partial charge in [0.2, 0.25) is 10.0 Å². The lowest BCUT2D eigenvalue weighted by Gasteiger charge is -2.21. The Kier molecular flexibility index (Phi) is 9.24. The first kappa shape index (κ1) is 21.4. The zero-order valence-electron chi connectivity index (χ0n) is 13.1. The maximum absolute atomic E-state index is 11.7. The van der Waals surface area contributed by atoms with Gasteiger partial charge in [-0.15, -0.1) is 24.0 Å². The molecule has 2 unspecified atom stereocenters. The monoisotopic (exact) mass is 448 g/mol. The standard InChI is InChI=1S/C12H24N4O4S.HI/c1-4-14-12(15-5-6-21(13,18)19)16-7-9(2)10(8-16)11(17)20-3;/h9-10H,4-8H2,1-3H3,(H,14,15)(H2,13,18,19);1H. The highest BCUT2D eigenvalue weighted by molar-refractivity contribution is 14.0. The summed E-state index contributed by atoms with van der Waals surface area (Å²) in [4.78, 5) is 17.9. The van der Waals surface area contributed by atoms with Crippen molar-refractivity contribution in [1.82, 2.24) is 10.2 Å². The number of hydrogen-bond acceptors (Lipinski definition) is 5. The van der Waals surface area contributed by atoms with E-state index in [0.717, 1.165) is 0 Å². The Bertz CT molecular complexity index is 497. The summed E-state index contributed by atoms with van der Waals surface area (Å²) < 4.78 is 26.7. The van der Waals surface area contributed by atoms with E-state index >= 15 is 0 Å². The maximum atomic E-state index is 11.7. The number of hydrogen-bond donors (Lipinski definition) is 2. The number of methoxy groups -OCH3 is 1. The third-order valence-corrected chi connectivity index (χ3v) is 4.14. The topological polar surface area (TPSA) is 114 Å². The molecule has 1 aliphatic rings. The molecule has 130 valence electrons. The van der Waals surface area contributed by atoms with Gasteiger partial charge in [0.05, 0.1) is 25.3 Å². The molecule has 3 N–H and O–H groups in total. The molecule has 0 aromatic rings. The van der Waals surface area contributed by atoms with Gasteiger partial charge in [-0.3, -0.25) is 9.79 Å². The van der Waals surface area contributed by atoms with Gasteiger partial charge in [-0.25, -0.2) is 13.6 Å². The molecule has 0 saturated carbocycles. The molecule has 1 saturated heterocycles. The van der Waals surface area contributed by atoms with Gasteiger partial charge < -0.3 is 15.0 Å². The smallest absolute Gasteiger partial charge is 0.310 e. The number of rotatable bonds is 5. The lowest BCUT2D eigenvalue weighted by molar-refractivity contribution is -0.145. The molecular formula is C12H25IN4O4S. The Morgan fingerprint density at radius 1 is 1.45 bits per heavy atom. The minimum absolute atomic E-state index is 0. The van der Waals surface area contributed by atoms with Crippen molar-refractivity contribution in [2.24, 2.45) is 22.0 Å². The fraction of sp³-hybridized carbons (Fsp3) is 0.833. The number of ether oxygens (including phenoxy) is 1. The van der Waals surface area contributed by atoms with Crippen LogP contribution in [0.3, 0.4) is 0 Å². The number of nitrogens with one attached hydrogen (secondary N) is 1. The average molecular weight is 448 g/mol. The van der Waals surface area contributed by atoms with Crippen molar-refractivity contribution < 1.29 is 17.9 Å². The predicted molar refractivity (Wildman–Crippen MR) is 95.6 cm³/mol. The van der Waals surface area contributed by atoms with E-state index in [1.807, 2.05) is 18.7 Å². The SMILES string of the molecule is CCNC(=NCCS(N)(=O)=O)N1CC(C)C(C(=O)OC)C1.I. The van der Waals surface area contributed by atoms with Crippen LogP contribution in [0.15, 0.2) is 4.99 Å². The molecule has 22 heavy (non-hydrogen) atoms. The van der Waals surface area contributed by atoms with Gasteiger partial charge in [-0.2, -0.15) is 0 Å². The third kappa shape index (κ3) is 6.65. The lowest BCUT2D eigenvalue weighted by atomic mass is 9.99. The van der Waals surface area contributed by atoms with E-state index in [2.05, 4.69) is 10.3 Å². The van der Waals surface area contributed by atoms with E-state index in [0.29, 0.717) is 25.6 Å². The van der Waals surface area contributed by atoms with Gasteiger partial charge in [0.1, 0.15) is 0 Å². The summed E-state index contributed by atoms with van der Waals surface area (Å²) in [5, 5.41) is 8.06. The number of aliphatic imine (C=N–C) groups is 1. The lowest BCUT2D eigenvalue weighted by Crippen LogP contribution is -2.41. The molecule has 10 heteroatoms. The summed E-state index contributed by atoms with van der Waals surface area (Å²) in [6, 6.07) is 0. The molecule has 0 aliphatic carbocycles. The van der Waals surface area contributed by atoms with E-state index in [-0.39, 0.29) is 54.1 Å². The van der Waals surface area contributed by atoms with E-state index in [1.165, 1.54) is 7.11 Å². The fourth-order valence-electron chi connectivity index (χ4n) is 2.30. The van der Waals surface area contributed by atoms with Crippen LogP contribution in [0.2, 0.25) is 0 Å². The Morgan fingerprint density at radius 2 is 2.09 bits per heavy atom. The number of carbonyl (C=O) groups is 1. The van der Waals surface area contributed by atoms with Crippen LogP contribution in [0.1, 0.15) is 13.8 Å². The normalized spacial score (nSPS) is 22.2. The zero-order valence-corrected chi connectivity index (χ0v) is 16.3. The van der Waals surface area contributed by atoms with Crippen LogP contribution in [0.5, 0.6) is 0 Å². The van der Waals surface area contributed by atoms with Gasteiger partial charge in [0.15, 0.2) is 5.96 Å². The second kappa shape index (κ2) is 9.50. The Balaban J connectivity index is 0.00000441. The van der Waals surface area contributed by atoms with Crippen LogP contribution in [0.4, 0.5) is 0 Å². The van der Waals surface area contributed by atoms with Crippen LogP contribution in [-0.2, 0) is 19.6 Å². The minimum Gasteiger partial charge on any atom is -0.469 e.